The van der Waals surface area contributed by atoms with Gasteiger partial charge in [0, 0.05) is 39.8 Å². The summed E-state index contributed by atoms with van der Waals surface area (Å²) in [4.78, 5) is 9.82. The zero-order chi connectivity index (χ0) is 14.9. The van der Waals surface area contributed by atoms with Gasteiger partial charge in [0.25, 0.3) is 0 Å². The number of likely N-dealkylation sites (tertiary alicyclic amines) is 2. The highest BCUT2D eigenvalue weighted by atomic mass is 127. The van der Waals surface area contributed by atoms with Gasteiger partial charge in [0.05, 0.1) is 6.61 Å². The van der Waals surface area contributed by atoms with Gasteiger partial charge < -0.3 is 19.9 Å². The van der Waals surface area contributed by atoms with Gasteiger partial charge in [-0.05, 0) is 51.6 Å². The van der Waals surface area contributed by atoms with Crippen LogP contribution in [-0.2, 0) is 4.74 Å². The number of nitrogens with one attached hydrogen (secondary N) is 1. The van der Waals surface area contributed by atoms with Crippen LogP contribution in [0.3, 0.4) is 0 Å². The molecule has 5 nitrogen and oxygen atoms in total. The predicted molar refractivity (Wildman–Crippen MR) is 103 cm³/mol. The maximum Gasteiger partial charge on any atom is 0.193 e. The van der Waals surface area contributed by atoms with E-state index in [1.807, 2.05) is 0 Å². The van der Waals surface area contributed by atoms with Gasteiger partial charge >= 0.3 is 0 Å². The second-order valence-corrected chi connectivity index (χ2v) is 6.17. The van der Waals surface area contributed by atoms with Crippen LogP contribution in [0.4, 0.5) is 0 Å². The van der Waals surface area contributed by atoms with E-state index in [4.69, 9.17) is 9.73 Å². The zero-order valence-electron chi connectivity index (χ0n) is 14.2. The number of methoxy groups -OCH3 is 1. The van der Waals surface area contributed by atoms with Crippen molar-refractivity contribution in [3.63, 3.8) is 0 Å². The van der Waals surface area contributed by atoms with Gasteiger partial charge in [-0.2, -0.15) is 0 Å². The van der Waals surface area contributed by atoms with Crippen LogP contribution in [0.25, 0.3) is 0 Å². The second kappa shape index (κ2) is 11.5. The van der Waals surface area contributed by atoms with Crippen molar-refractivity contribution < 1.29 is 4.74 Å². The molecule has 0 aliphatic carbocycles. The lowest BCUT2D eigenvalue weighted by atomic mass is 9.97. The van der Waals surface area contributed by atoms with E-state index in [2.05, 4.69) is 22.0 Å². The Hall–Kier alpha value is -0.0800. The highest BCUT2D eigenvalue weighted by Crippen LogP contribution is 2.17. The summed E-state index contributed by atoms with van der Waals surface area (Å²) in [5.41, 5.74) is 0. The maximum atomic E-state index is 5.16. The van der Waals surface area contributed by atoms with Crippen molar-refractivity contribution in [2.45, 2.75) is 32.6 Å². The molecule has 0 aromatic carbocycles. The Bertz CT molecular complexity index is 313. The summed E-state index contributed by atoms with van der Waals surface area (Å²) in [5.74, 6) is 1.89. The average Bonchev–Trinajstić information content (AvgIpc) is 3.04. The van der Waals surface area contributed by atoms with Crippen molar-refractivity contribution in [3.8, 4) is 0 Å². The molecular weight excluding hydrogens is 391 g/mol. The molecule has 0 spiro atoms. The molecule has 2 saturated heterocycles. The van der Waals surface area contributed by atoms with E-state index >= 15 is 0 Å². The molecule has 2 aliphatic rings. The normalized spacial score (nSPS) is 21.0. The summed E-state index contributed by atoms with van der Waals surface area (Å²) >= 11 is 0. The van der Waals surface area contributed by atoms with Crippen LogP contribution in [0.2, 0.25) is 0 Å². The molecule has 0 unspecified atom stereocenters. The lowest BCUT2D eigenvalue weighted by molar-refractivity contribution is 0.121. The fourth-order valence-electron chi connectivity index (χ4n) is 3.18. The highest BCUT2D eigenvalue weighted by molar-refractivity contribution is 14.0. The Labute approximate surface area is 152 Å². The second-order valence-electron chi connectivity index (χ2n) is 6.17. The molecule has 1 N–H and O–H groups in total. The molecule has 0 bridgehead atoms. The summed E-state index contributed by atoms with van der Waals surface area (Å²) in [5, 5.41) is 3.45. The number of hydrogen-bond donors (Lipinski definition) is 1. The average molecular weight is 424 g/mol. The number of ether oxygens (including phenoxy) is 1. The van der Waals surface area contributed by atoms with Crippen LogP contribution in [-0.4, -0.2) is 75.3 Å². The molecule has 2 heterocycles. The van der Waals surface area contributed by atoms with Crippen molar-refractivity contribution in [2.75, 3.05) is 59.5 Å². The van der Waals surface area contributed by atoms with E-state index in [1.54, 1.807) is 7.11 Å². The number of aliphatic imine (C=N–C) groups is 1. The minimum atomic E-state index is 0. The van der Waals surface area contributed by atoms with Gasteiger partial charge in [-0.15, -0.1) is 24.0 Å². The topological polar surface area (TPSA) is 40.1 Å². The summed E-state index contributed by atoms with van der Waals surface area (Å²) in [7, 11) is 1.78. The maximum absolute atomic E-state index is 5.16. The summed E-state index contributed by atoms with van der Waals surface area (Å²) in [6.45, 7) is 10.8. The van der Waals surface area contributed by atoms with E-state index < -0.39 is 0 Å². The monoisotopic (exact) mass is 424 g/mol. The van der Waals surface area contributed by atoms with E-state index in [9.17, 15) is 0 Å². The summed E-state index contributed by atoms with van der Waals surface area (Å²) in [6.07, 6.45) is 5.16. The fourth-order valence-corrected chi connectivity index (χ4v) is 3.18. The first-order valence-electron chi connectivity index (χ1n) is 8.58. The molecule has 0 atom stereocenters. The number of rotatable bonds is 6. The van der Waals surface area contributed by atoms with E-state index in [-0.39, 0.29) is 24.0 Å². The predicted octanol–water partition coefficient (Wildman–Crippen LogP) is 2.02. The third kappa shape index (κ3) is 6.58. The molecule has 6 heteroatoms. The number of nitrogens with zero attached hydrogens (tertiary/aromatic N) is 3. The Morgan fingerprint density at radius 1 is 1.18 bits per heavy atom. The van der Waals surface area contributed by atoms with Gasteiger partial charge in [-0.1, -0.05) is 0 Å². The Kier molecular flexibility index (Phi) is 10.4. The first-order chi connectivity index (χ1) is 10.3. The fraction of sp³-hybridized carbons (Fsp3) is 0.938. The van der Waals surface area contributed by atoms with Gasteiger partial charge in [-0.3, -0.25) is 4.99 Å². The first-order valence-corrected chi connectivity index (χ1v) is 8.58. The molecular formula is C16H33IN4O. The third-order valence-corrected chi connectivity index (χ3v) is 4.56. The van der Waals surface area contributed by atoms with E-state index in [1.165, 1.54) is 51.9 Å². The molecule has 0 aromatic rings. The minimum absolute atomic E-state index is 0. The molecule has 0 radical (unpaired) electrons. The van der Waals surface area contributed by atoms with Gasteiger partial charge in [0.1, 0.15) is 0 Å². The summed E-state index contributed by atoms with van der Waals surface area (Å²) in [6, 6.07) is 0. The lowest BCUT2D eigenvalue weighted by Gasteiger charge is -2.31. The van der Waals surface area contributed by atoms with Crippen molar-refractivity contribution >= 4 is 29.9 Å². The molecule has 2 rings (SSSR count). The first kappa shape index (κ1) is 20.0. The molecule has 2 aliphatic heterocycles. The van der Waals surface area contributed by atoms with Gasteiger partial charge in [0.2, 0.25) is 0 Å². The van der Waals surface area contributed by atoms with Gasteiger partial charge in [-0.25, -0.2) is 0 Å². The van der Waals surface area contributed by atoms with Crippen LogP contribution < -0.4 is 5.32 Å². The van der Waals surface area contributed by atoms with Crippen LogP contribution in [0, 0.1) is 5.92 Å². The van der Waals surface area contributed by atoms with Crippen molar-refractivity contribution in [3.05, 3.63) is 0 Å². The molecule has 2 fully saturated rings. The minimum Gasteiger partial charge on any atom is -0.383 e. The van der Waals surface area contributed by atoms with E-state index in [0.717, 1.165) is 38.1 Å². The van der Waals surface area contributed by atoms with Crippen LogP contribution in [0.5, 0.6) is 0 Å². The molecule has 22 heavy (non-hydrogen) atoms. The van der Waals surface area contributed by atoms with Crippen LogP contribution in [0.15, 0.2) is 4.99 Å². The van der Waals surface area contributed by atoms with Crippen molar-refractivity contribution in [1.29, 1.82) is 0 Å². The number of hydrogen-bond acceptors (Lipinski definition) is 3. The number of guanidine groups is 1. The van der Waals surface area contributed by atoms with Crippen LogP contribution in [0.1, 0.15) is 32.6 Å². The van der Waals surface area contributed by atoms with E-state index in [0.29, 0.717) is 0 Å². The third-order valence-electron chi connectivity index (χ3n) is 4.56. The standard InChI is InChI=1S/C16H32N4O.HI/c1-3-17-16(20-8-4-5-9-20)18-14-15-6-10-19(11-7-15)12-13-21-2;/h15H,3-14H2,1-2H3,(H,17,18);1H. The Morgan fingerprint density at radius 3 is 2.45 bits per heavy atom. The quantitative estimate of drug-likeness (QED) is 0.403. The molecule has 0 amide bonds. The Morgan fingerprint density at radius 2 is 1.86 bits per heavy atom. The van der Waals surface area contributed by atoms with Crippen LogP contribution >= 0.6 is 24.0 Å². The smallest absolute Gasteiger partial charge is 0.193 e. The van der Waals surface area contributed by atoms with Crippen molar-refractivity contribution in [1.82, 2.24) is 15.1 Å². The number of piperidine rings is 1. The molecule has 0 aromatic heterocycles. The number of halogens is 1. The zero-order valence-corrected chi connectivity index (χ0v) is 16.6. The largest absolute Gasteiger partial charge is 0.383 e. The molecule has 130 valence electrons. The summed E-state index contributed by atoms with van der Waals surface area (Å²) < 4.78 is 5.16. The van der Waals surface area contributed by atoms with Crippen molar-refractivity contribution in [2.24, 2.45) is 10.9 Å². The molecule has 0 saturated carbocycles. The SMILES string of the molecule is CCNC(=NCC1CCN(CCOC)CC1)N1CCCC1.I. The lowest BCUT2D eigenvalue weighted by Crippen LogP contribution is -2.40. The highest BCUT2D eigenvalue weighted by Gasteiger charge is 2.20. The van der Waals surface area contributed by atoms with Gasteiger partial charge in [0.15, 0.2) is 5.96 Å². The Balaban J connectivity index is 0.00000242.